The number of rotatable bonds is 2. The van der Waals surface area contributed by atoms with Gasteiger partial charge in [0.2, 0.25) is 16.2 Å². The van der Waals surface area contributed by atoms with E-state index in [1.54, 1.807) is 11.8 Å². The van der Waals surface area contributed by atoms with Gasteiger partial charge in [0.15, 0.2) is 0 Å². The summed E-state index contributed by atoms with van der Waals surface area (Å²) in [6.07, 6.45) is 0. The number of hydrogen-bond acceptors (Lipinski definition) is 6. The van der Waals surface area contributed by atoms with Crippen LogP contribution in [0, 0.1) is 0 Å². The van der Waals surface area contributed by atoms with Crippen molar-refractivity contribution in [2.24, 2.45) is 0 Å². The molecule has 2 heterocycles. The van der Waals surface area contributed by atoms with Crippen LogP contribution in [0.15, 0.2) is 29.2 Å². The number of anilines is 2. The first-order valence-electron chi connectivity index (χ1n) is 5.35. The fourth-order valence-corrected chi connectivity index (χ4v) is 3.60. The van der Waals surface area contributed by atoms with Crippen LogP contribution in [0.25, 0.3) is 0 Å². The van der Waals surface area contributed by atoms with E-state index >= 15 is 0 Å². The second kappa shape index (κ2) is 4.58. The lowest BCUT2D eigenvalue weighted by Gasteiger charge is -2.09. The zero-order valence-electron chi connectivity index (χ0n) is 9.29. The van der Waals surface area contributed by atoms with E-state index in [1.807, 2.05) is 24.3 Å². The van der Waals surface area contributed by atoms with E-state index in [0.29, 0.717) is 10.3 Å². The van der Waals surface area contributed by atoms with Crippen LogP contribution in [0.3, 0.4) is 0 Å². The first-order chi connectivity index (χ1) is 8.74. The molecule has 0 spiro atoms. The molecule has 0 fully saturated rings. The molecule has 7 heteroatoms. The number of aromatic nitrogens is 2. The summed E-state index contributed by atoms with van der Waals surface area (Å²) in [5, 5.41) is 11.0. The number of nitrogen functional groups attached to an aromatic ring is 1. The summed E-state index contributed by atoms with van der Waals surface area (Å²) in [5.74, 6) is 0.583. The number of thioether (sulfide) groups is 1. The zero-order valence-corrected chi connectivity index (χ0v) is 10.9. The quantitative estimate of drug-likeness (QED) is 0.877. The normalized spacial score (nSPS) is 17.4. The highest BCUT2D eigenvalue weighted by molar-refractivity contribution is 7.99. The molecule has 0 bridgehead atoms. The number of hydrogen-bond donors (Lipinski definition) is 2. The van der Waals surface area contributed by atoms with Gasteiger partial charge in [0.25, 0.3) is 0 Å². The van der Waals surface area contributed by atoms with E-state index < -0.39 is 0 Å². The summed E-state index contributed by atoms with van der Waals surface area (Å²) in [4.78, 5) is 13.3. The molecule has 2 aromatic rings. The summed E-state index contributed by atoms with van der Waals surface area (Å²) in [6, 6.07) is 7.97. The zero-order chi connectivity index (χ0) is 12.5. The van der Waals surface area contributed by atoms with Gasteiger partial charge in [0.05, 0.1) is 5.92 Å². The smallest absolute Gasteiger partial charge is 0.234 e. The predicted octanol–water partition coefficient (Wildman–Crippen LogP) is 1.95. The molecule has 1 aliphatic heterocycles. The lowest BCUT2D eigenvalue weighted by atomic mass is 10.0. The van der Waals surface area contributed by atoms with Crippen molar-refractivity contribution in [1.29, 1.82) is 0 Å². The predicted molar refractivity (Wildman–Crippen MR) is 72.9 cm³/mol. The van der Waals surface area contributed by atoms with Gasteiger partial charge in [-0.2, -0.15) is 0 Å². The molecule has 1 aliphatic rings. The van der Waals surface area contributed by atoms with Crippen LogP contribution in [0.1, 0.15) is 11.5 Å². The highest BCUT2D eigenvalue weighted by Gasteiger charge is 2.29. The van der Waals surface area contributed by atoms with E-state index in [9.17, 15) is 4.79 Å². The average molecular weight is 278 g/mol. The van der Waals surface area contributed by atoms with Crippen molar-refractivity contribution in [2.75, 3.05) is 16.8 Å². The Labute approximate surface area is 112 Å². The summed E-state index contributed by atoms with van der Waals surface area (Å²) in [6.45, 7) is 0. The molecule has 92 valence electrons. The third-order valence-corrected chi connectivity index (χ3v) is 4.54. The fourth-order valence-electron chi connectivity index (χ4n) is 1.86. The number of nitrogens with zero attached hydrogens (tertiary/aromatic N) is 2. The van der Waals surface area contributed by atoms with Gasteiger partial charge >= 0.3 is 0 Å². The summed E-state index contributed by atoms with van der Waals surface area (Å²) in [5.41, 5.74) is 6.55. The standard InChI is InChI=1S/C11H10N4OS2/c12-10-14-15-11(18-10)13-9(16)7-5-17-8-4-2-1-3-6(7)8/h1-4,7H,5H2,(H2,12,14)(H,13,15,16). The lowest BCUT2D eigenvalue weighted by Crippen LogP contribution is -2.20. The molecular weight excluding hydrogens is 268 g/mol. The van der Waals surface area contributed by atoms with E-state index in [0.717, 1.165) is 11.3 Å². The molecule has 1 unspecified atom stereocenters. The highest BCUT2D eigenvalue weighted by Crippen LogP contribution is 2.39. The van der Waals surface area contributed by atoms with E-state index in [2.05, 4.69) is 15.5 Å². The van der Waals surface area contributed by atoms with E-state index in [1.165, 1.54) is 16.2 Å². The van der Waals surface area contributed by atoms with Crippen LogP contribution in [0.2, 0.25) is 0 Å². The Morgan fingerprint density at radius 1 is 1.39 bits per heavy atom. The lowest BCUT2D eigenvalue weighted by molar-refractivity contribution is -0.117. The molecule has 1 aromatic carbocycles. The molecule has 0 saturated carbocycles. The van der Waals surface area contributed by atoms with Gasteiger partial charge in [-0.15, -0.1) is 22.0 Å². The Balaban J connectivity index is 1.78. The van der Waals surface area contributed by atoms with Gasteiger partial charge < -0.3 is 5.73 Å². The van der Waals surface area contributed by atoms with Gasteiger partial charge in [-0.1, -0.05) is 29.5 Å². The molecule has 0 radical (unpaired) electrons. The molecule has 3 rings (SSSR count). The minimum absolute atomic E-state index is 0.0522. The van der Waals surface area contributed by atoms with Crippen molar-refractivity contribution >= 4 is 39.3 Å². The Morgan fingerprint density at radius 2 is 2.22 bits per heavy atom. The van der Waals surface area contributed by atoms with Crippen LogP contribution in [-0.2, 0) is 4.79 Å². The van der Waals surface area contributed by atoms with Crippen molar-refractivity contribution in [3.8, 4) is 0 Å². The first-order valence-corrected chi connectivity index (χ1v) is 7.16. The van der Waals surface area contributed by atoms with Gasteiger partial charge in [0.1, 0.15) is 0 Å². The second-order valence-electron chi connectivity index (χ2n) is 3.84. The topological polar surface area (TPSA) is 80.9 Å². The molecule has 0 aliphatic carbocycles. The van der Waals surface area contributed by atoms with Crippen LogP contribution < -0.4 is 11.1 Å². The van der Waals surface area contributed by atoms with Crippen molar-refractivity contribution in [3.63, 3.8) is 0 Å². The molecule has 1 amide bonds. The minimum Gasteiger partial charge on any atom is -0.374 e. The second-order valence-corrected chi connectivity index (χ2v) is 5.91. The van der Waals surface area contributed by atoms with Crippen LogP contribution in [-0.4, -0.2) is 21.9 Å². The number of fused-ring (bicyclic) bond motifs is 1. The Bertz CT molecular complexity index is 598. The van der Waals surface area contributed by atoms with Crippen molar-refractivity contribution < 1.29 is 4.79 Å². The molecule has 3 N–H and O–H groups in total. The molecule has 1 aromatic heterocycles. The summed E-state index contributed by atoms with van der Waals surface area (Å²) in [7, 11) is 0. The monoisotopic (exact) mass is 278 g/mol. The number of amides is 1. The highest BCUT2D eigenvalue weighted by atomic mass is 32.2. The van der Waals surface area contributed by atoms with Gasteiger partial charge in [-0.05, 0) is 11.6 Å². The largest absolute Gasteiger partial charge is 0.374 e. The van der Waals surface area contributed by atoms with Crippen molar-refractivity contribution in [2.45, 2.75) is 10.8 Å². The van der Waals surface area contributed by atoms with Crippen molar-refractivity contribution in [1.82, 2.24) is 10.2 Å². The van der Waals surface area contributed by atoms with Crippen LogP contribution in [0.4, 0.5) is 10.3 Å². The molecular formula is C11H10N4OS2. The number of nitrogens with two attached hydrogens (primary N) is 1. The van der Waals surface area contributed by atoms with E-state index in [4.69, 9.17) is 5.73 Å². The Morgan fingerprint density at radius 3 is 3.00 bits per heavy atom. The maximum atomic E-state index is 12.2. The third-order valence-electron chi connectivity index (χ3n) is 2.69. The summed E-state index contributed by atoms with van der Waals surface area (Å²) >= 11 is 2.87. The van der Waals surface area contributed by atoms with Crippen molar-refractivity contribution in [3.05, 3.63) is 29.8 Å². The third kappa shape index (κ3) is 2.06. The number of benzene rings is 1. The van der Waals surface area contributed by atoms with Crippen LogP contribution in [0.5, 0.6) is 0 Å². The molecule has 1 atom stereocenters. The maximum absolute atomic E-state index is 12.2. The maximum Gasteiger partial charge on any atom is 0.234 e. The summed E-state index contributed by atoms with van der Waals surface area (Å²) < 4.78 is 0. The van der Waals surface area contributed by atoms with Gasteiger partial charge in [0, 0.05) is 10.6 Å². The molecule has 0 saturated heterocycles. The SMILES string of the molecule is Nc1nnc(NC(=O)C2CSc3ccccc32)s1. The first kappa shape index (κ1) is 11.5. The average Bonchev–Trinajstić information content (AvgIpc) is 2.95. The molecule has 5 nitrogen and oxygen atoms in total. The number of nitrogens with one attached hydrogen (secondary N) is 1. The Kier molecular flexibility index (Phi) is 2.92. The number of carbonyl (C=O) groups excluding carboxylic acids is 1. The van der Waals surface area contributed by atoms with Gasteiger partial charge in [-0.3, -0.25) is 10.1 Å². The fraction of sp³-hybridized carbons (Fsp3) is 0.182. The minimum atomic E-state index is -0.128. The van der Waals surface area contributed by atoms with Crippen LogP contribution >= 0.6 is 23.1 Å². The molecule has 18 heavy (non-hydrogen) atoms. The Hall–Kier alpha value is -1.60. The van der Waals surface area contributed by atoms with Gasteiger partial charge in [-0.25, -0.2) is 0 Å². The number of carbonyl (C=O) groups is 1. The van der Waals surface area contributed by atoms with E-state index in [-0.39, 0.29) is 11.8 Å².